The molecule has 6 nitrogen and oxygen atoms in total. The molecule has 0 heterocycles. The van der Waals surface area contributed by atoms with Crippen molar-refractivity contribution in [2.75, 3.05) is 6.26 Å². The average Bonchev–Trinajstić information content (AvgIpc) is 2.35. The SMILES string of the molecule is CC[C@](Cl)([C@@H](O)c1cccc([N+](=O)[O-])c1)S(C)(=O)=O. The van der Waals surface area contributed by atoms with Gasteiger partial charge in [-0.05, 0) is 12.0 Å². The first-order valence-corrected chi connectivity index (χ1v) is 7.71. The van der Waals surface area contributed by atoms with E-state index in [2.05, 4.69) is 0 Å². The minimum Gasteiger partial charge on any atom is -0.385 e. The fraction of sp³-hybridized carbons (Fsp3) is 0.455. The van der Waals surface area contributed by atoms with Gasteiger partial charge in [-0.15, -0.1) is 0 Å². The van der Waals surface area contributed by atoms with E-state index in [4.69, 9.17) is 11.6 Å². The first-order valence-electron chi connectivity index (χ1n) is 5.44. The summed E-state index contributed by atoms with van der Waals surface area (Å²) in [4.78, 5) is 10.0. The van der Waals surface area contributed by atoms with Gasteiger partial charge in [-0.3, -0.25) is 10.1 Å². The molecule has 19 heavy (non-hydrogen) atoms. The second kappa shape index (κ2) is 5.44. The highest BCUT2D eigenvalue weighted by atomic mass is 35.5. The zero-order valence-electron chi connectivity index (χ0n) is 10.4. The topological polar surface area (TPSA) is 97.5 Å². The van der Waals surface area contributed by atoms with Gasteiger partial charge < -0.3 is 5.11 Å². The predicted octanol–water partition coefficient (Wildman–Crippen LogP) is 2.02. The number of nitro benzene ring substituents is 1. The number of rotatable bonds is 5. The van der Waals surface area contributed by atoms with Crippen LogP contribution in [-0.2, 0) is 9.84 Å². The summed E-state index contributed by atoms with van der Waals surface area (Å²) in [6, 6.07) is 5.13. The largest absolute Gasteiger partial charge is 0.385 e. The van der Waals surface area contributed by atoms with E-state index in [0.717, 1.165) is 12.3 Å². The molecule has 0 aliphatic rings. The van der Waals surface area contributed by atoms with Crippen LogP contribution in [-0.4, -0.2) is 28.9 Å². The number of hydrogen-bond acceptors (Lipinski definition) is 5. The number of benzene rings is 1. The fourth-order valence-electron chi connectivity index (χ4n) is 1.72. The molecule has 1 N–H and O–H groups in total. The summed E-state index contributed by atoms with van der Waals surface area (Å²) in [5.41, 5.74) is -0.142. The molecule has 2 atom stereocenters. The minimum atomic E-state index is -3.75. The van der Waals surface area contributed by atoms with E-state index in [9.17, 15) is 23.6 Å². The molecule has 0 aliphatic carbocycles. The van der Waals surface area contributed by atoms with Gasteiger partial charge in [0, 0.05) is 18.4 Å². The maximum absolute atomic E-state index is 11.7. The number of nitro groups is 1. The third kappa shape index (κ3) is 3.05. The van der Waals surface area contributed by atoms with Crippen LogP contribution in [0.4, 0.5) is 5.69 Å². The van der Waals surface area contributed by atoms with Gasteiger partial charge in [0.1, 0.15) is 6.10 Å². The predicted molar refractivity (Wildman–Crippen MR) is 71.8 cm³/mol. The van der Waals surface area contributed by atoms with Crippen LogP contribution in [0.1, 0.15) is 25.0 Å². The van der Waals surface area contributed by atoms with Gasteiger partial charge in [-0.2, -0.15) is 0 Å². The lowest BCUT2D eigenvalue weighted by molar-refractivity contribution is -0.385. The zero-order valence-corrected chi connectivity index (χ0v) is 12.0. The van der Waals surface area contributed by atoms with Gasteiger partial charge in [-0.25, -0.2) is 8.42 Å². The van der Waals surface area contributed by atoms with Gasteiger partial charge in [0.15, 0.2) is 14.0 Å². The molecule has 0 saturated heterocycles. The zero-order chi connectivity index (χ0) is 14.8. The van der Waals surface area contributed by atoms with E-state index in [0.29, 0.717) is 0 Å². The molecule has 106 valence electrons. The van der Waals surface area contributed by atoms with E-state index in [1.54, 1.807) is 0 Å². The van der Waals surface area contributed by atoms with Crippen molar-refractivity contribution in [2.45, 2.75) is 23.7 Å². The molecule has 0 aliphatic heterocycles. The van der Waals surface area contributed by atoms with Crippen molar-refractivity contribution in [3.63, 3.8) is 0 Å². The number of hydrogen-bond donors (Lipinski definition) is 1. The first-order chi connectivity index (χ1) is 8.63. The summed E-state index contributed by atoms with van der Waals surface area (Å²) in [6.07, 6.45) is -0.657. The Kier molecular flexibility index (Phi) is 4.54. The molecule has 0 radical (unpaired) electrons. The number of aliphatic hydroxyl groups excluding tert-OH is 1. The number of alkyl halides is 1. The van der Waals surface area contributed by atoms with Crippen molar-refractivity contribution in [1.82, 2.24) is 0 Å². The van der Waals surface area contributed by atoms with Gasteiger partial charge >= 0.3 is 0 Å². The number of aliphatic hydroxyl groups is 1. The molecule has 0 aromatic heterocycles. The van der Waals surface area contributed by atoms with E-state index < -0.39 is 25.1 Å². The summed E-state index contributed by atoms with van der Waals surface area (Å²) < 4.78 is 21.5. The molecule has 0 amide bonds. The Labute approximate surface area is 116 Å². The lowest BCUT2D eigenvalue weighted by atomic mass is 10.0. The number of non-ortho nitro benzene ring substituents is 1. The first kappa shape index (κ1) is 15.9. The molecule has 0 unspecified atom stereocenters. The molecule has 8 heteroatoms. The smallest absolute Gasteiger partial charge is 0.269 e. The highest BCUT2D eigenvalue weighted by Gasteiger charge is 2.45. The van der Waals surface area contributed by atoms with Gasteiger partial charge in [0.2, 0.25) is 0 Å². The Morgan fingerprint density at radius 2 is 2.11 bits per heavy atom. The summed E-state index contributed by atoms with van der Waals surface area (Å²) in [5.74, 6) is 0. The van der Waals surface area contributed by atoms with Crippen LogP contribution in [0.2, 0.25) is 0 Å². The average molecular weight is 308 g/mol. The lowest BCUT2D eigenvalue weighted by Crippen LogP contribution is -2.37. The number of sulfone groups is 1. The third-order valence-electron chi connectivity index (χ3n) is 2.90. The van der Waals surface area contributed by atoms with Crippen molar-refractivity contribution in [2.24, 2.45) is 0 Å². The fourth-order valence-corrected chi connectivity index (χ4v) is 2.91. The van der Waals surface area contributed by atoms with E-state index >= 15 is 0 Å². The Morgan fingerprint density at radius 1 is 1.53 bits per heavy atom. The molecule has 1 aromatic rings. The molecule has 0 bridgehead atoms. The van der Waals surface area contributed by atoms with E-state index in [-0.39, 0.29) is 17.7 Å². The Morgan fingerprint density at radius 3 is 2.53 bits per heavy atom. The second-order valence-electron chi connectivity index (χ2n) is 4.17. The molecule has 0 saturated carbocycles. The van der Waals surface area contributed by atoms with Crippen LogP contribution in [0.15, 0.2) is 24.3 Å². The summed E-state index contributed by atoms with van der Waals surface area (Å²) in [6.45, 7) is 1.52. The van der Waals surface area contributed by atoms with Gasteiger partial charge in [-0.1, -0.05) is 30.7 Å². The van der Waals surface area contributed by atoms with Crippen molar-refractivity contribution in [1.29, 1.82) is 0 Å². The lowest BCUT2D eigenvalue weighted by Gasteiger charge is -2.29. The normalized spacial score (nSPS) is 16.6. The van der Waals surface area contributed by atoms with Crippen LogP contribution >= 0.6 is 11.6 Å². The maximum Gasteiger partial charge on any atom is 0.269 e. The number of halogens is 1. The van der Waals surface area contributed by atoms with Gasteiger partial charge in [0.05, 0.1) is 4.92 Å². The van der Waals surface area contributed by atoms with E-state index in [1.807, 2.05) is 0 Å². The highest BCUT2D eigenvalue weighted by molar-refractivity contribution is 7.93. The second-order valence-corrected chi connectivity index (χ2v) is 7.34. The summed E-state index contributed by atoms with van der Waals surface area (Å²) in [7, 11) is -3.75. The molecule has 1 aromatic carbocycles. The molecule has 0 spiro atoms. The third-order valence-corrected chi connectivity index (χ3v) is 5.96. The Balaban J connectivity index is 3.29. The van der Waals surface area contributed by atoms with Crippen LogP contribution in [0.5, 0.6) is 0 Å². The monoisotopic (exact) mass is 307 g/mol. The highest BCUT2D eigenvalue weighted by Crippen LogP contribution is 2.40. The molecular weight excluding hydrogens is 294 g/mol. The minimum absolute atomic E-state index is 0.0305. The Bertz CT molecular complexity index is 589. The number of nitrogens with zero attached hydrogens (tertiary/aromatic N) is 1. The van der Waals surface area contributed by atoms with Crippen LogP contribution in [0.25, 0.3) is 0 Å². The summed E-state index contributed by atoms with van der Waals surface area (Å²) in [5, 5.41) is 20.8. The van der Waals surface area contributed by atoms with Gasteiger partial charge in [0.25, 0.3) is 5.69 Å². The quantitative estimate of drug-likeness (QED) is 0.510. The summed E-state index contributed by atoms with van der Waals surface area (Å²) >= 11 is 6.01. The van der Waals surface area contributed by atoms with Crippen molar-refractivity contribution >= 4 is 27.1 Å². The standard InChI is InChI=1S/C11H14ClNO5S/c1-3-11(12,19(2,17)18)10(14)8-5-4-6-9(7-8)13(15)16/h4-7,10,14H,3H2,1-2H3/t10-,11+/m0/s1. The van der Waals surface area contributed by atoms with Crippen molar-refractivity contribution in [3.05, 3.63) is 39.9 Å². The maximum atomic E-state index is 11.7. The molecule has 1 rings (SSSR count). The molecule has 0 fully saturated rings. The van der Waals surface area contributed by atoms with Crippen LogP contribution in [0.3, 0.4) is 0 Å². The van der Waals surface area contributed by atoms with Crippen LogP contribution < -0.4 is 0 Å². The molecular formula is C11H14ClNO5S. The van der Waals surface area contributed by atoms with Crippen molar-refractivity contribution < 1.29 is 18.4 Å². The Hall–Kier alpha value is -1.18. The van der Waals surface area contributed by atoms with E-state index in [1.165, 1.54) is 25.1 Å². The van der Waals surface area contributed by atoms with Crippen molar-refractivity contribution in [3.8, 4) is 0 Å². The van der Waals surface area contributed by atoms with Crippen LogP contribution in [0, 0.1) is 10.1 Å².